The van der Waals surface area contributed by atoms with E-state index in [1.54, 1.807) is 18.0 Å². The van der Waals surface area contributed by atoms with Crippen LogP contribution in [0.1, 0.15) is 38.2 Å². The van der Waals surface area contributed by atoms with Crippen LogP contribution in [0.3, 0.4) is 0 Å². The van der Waals surface area contributed by atoms with Gasteiger partial charge in [0.05, 0.1) is 11.5 Å². The van der Waals surface area contributed by atoms with E-state index >= 15 is 0 Å². The zero-order valence-electron chi connectivity index (χ0n) is 20.9. The Balaban J connectivity index is 1.29. The van der Waals surface area contributed by atoms with Crippen LogP contribution < -0.4 is 15.0 Å². The molecule has 1 aromatic carbocycles. The summed E-state index contributed by atoms with van der Waals surface area (Å²) in [5.41, 5.74) is -1.08. The predicted octanol–water partition coefficient (Wildman–Crippen LogP) is 5.09. The number of benzene rings is 1. The molecule has 0 spiro atoms. The van der Waals surface area contributed by atoms with Crippen LogP contribution in [-0.2, 0) is 10.9 Å². The quantitative estimate of drug-likeness (QED) is 0.384. The molecule has 1 aromatic heterocycles. The van der Waals surface area contributed by atoms with E-state index in [-0.39, 0.29) is 23.9 Å². The predicted molar refractivity (Wildman–Crippen MR) is 133 cm³/mol. The largest absolute Gasteiger partial charge is 0.474 e. The summed E-state index contributed by atoms with van der Waals surface area (Å²) in [5.74, 6) is 0.497. The number of anilines is 2. The lowest BCUT2D eigenvalue weighted by Gasteiger charge is -2.35. The van der Waals surface area contributed by atoms with Gasteiger partial charge in [0, 0.05) is 61.9 Å². The van der Waals surface area contributed by atoms with Crippen molar-refractivity contribution >= 4 is 23.2 Å². The number of amides is 1. The Morgan fingerprint density at radius 2 is 1.84 bits per heavy atom. The maximum atomic E-state index is 13.3. The molecule has 206 valence electrons. The van der Waals surface area contributed by atoms with Crippen molar-refractivity contribution in [2.45, 2.75) is 50.9 Å². The monoisotopic (exact) mass is 537 g/mol. The molecular formula is C25H30F3N5O5. The number of carbonyl (C=O) groups excluding carboxylic acids is 1. The van der Waals surface area contributed by atoms with Crippen molar-refractivity contribution in [1.29, 1.82) is 0 Å². The van der Waals surface area contributed by atoms with Crippen LogP contribution in [0.2, 0.25) is 0 Å². The van der Waals surface area contributed by atoms with Crippen molar-refractivity contribution < 1.29 is 32.4 Å². The van der Waals surface area contributed by atoms with Crippen LogP contribution in [-0.4, -0.2) is 65.8 Å². The van der Waals surface area contributed by atoms with Gasteiger partial charge < -0.3 is 24.6 Å². The van der Waals surface area contributed by atoms with Gasteiger partial charge in [-0.2, -0.15) is 13.2 Å². The number of nitrogens with zero attached hydrogens (tertiary/aromatic N) is 4. The van der Waals surface area contributed by atoms with Crippen molar-refractivity contribution in [1.82, 2.24) is 9.88 Å². The average Bonchev–Trinajstić information content (AvgIpc) is 2.89. The van der Waals surface area contributed by atoms with E-state index in [1.807, 2.05) is 12.1 Å². The fraction of sp³-hybridized carbons (Fsp3) is 0.520. The second kappa shape index (κ2) is 11.7. The number of carbonyl (C=O) groups is 1. The van der Waals surface area contributed by atoms with Crippen LogP contribution in [0.4, 0.5) is 35.0 Å². The molecule has 1 saturated heterocycles. The molecule has 1 amide bonds. The lowest BCUT2D eigenvalue weighted by molar-refractivity contribution is -0.388. The van der Waals surface area contributed by atoms with E-state index in [2.05, 4.69) is 15.2 Å². The molecule has 10 nitrogen and oxygen atoms in total. The summed E-state index contributed by atoms with van der Waals surface area (Å²) in [5, 5.41) is 14.0. The van der Waals surface area contributed by atoms with Gasteiger partial charge in [0.1, 0.15) is 11.7 Å². The molecule has 2 heterocycles. The molecule has 0 atom stereocenters. The number of nitrogens with one attached hydrogen (secondary N) is 1. The van der Waals surface area contributed by atoms with Gasteiger partial charge in [-0.3, -0.25) is 10.1 Å². The van der Waals surface area contributed by atoms with Gasteiger partial charge >= 0.3 is 12.3 Å². The Labute approximate surface area is 217 Å². The highest BCUT2D eigenvalue weighted by Crippen LogP contribution is 2.38. The third-order valence-corrected chi connectivity index (χ3v) is 6.72. The van der Waals surface area contributed by atoms with E-state index < -0.39 is 22.4 Å². The normalized spacial score (nSPS) is 20.1. The van der Waals surface area contributed by atoms with Crippen LogP contribution >= 0.6 is 0 Å². The van der Waals surface area contributed by atoms with E-state index in [4.69, 9.17) is 9.47 Å². The van der Waals surface area contributed by atoms with Crippen molar-refractivity contribution in [3.05, 3.63) is 52.2 Å². The molecule has 1 aliphatic carbocycles. The Hall–Kier alpha value is -3.77. The summed E-state index contributed by atoms with van der Waals surface area (Å²) in [4.78, 5) is 30.0. The summed E-state index contributed by atoms with van der Waals surface area (Å²) < 4.78 is 51.0. The second-order valence-corrected chi connectivity index (χ2v) is 9.25. The van der Waals surface area contributed by atoms with E-state index in [0.717, 1.165) is 17.8 Å². The first-order valence-corrected chi connectivity index (χ1v) is 12.6. The number of nitro benzene ring substituents is 1. The second-order valence-electron chi connectivity index (χ2n) is 9.25. The average molecular weight is 538 g/mol. The number of piperazine rings is 1. The molecule has 0 bridgehead atoms. The molecule has 1 saturated carbocycles. The molecule has 2 aliphatic rings. The molecule has 1 N–H and O–H groups in total. The smallest absolute Gasteiger partial charge is 0.423 e. The number of hydrogen-bond donors (Lipinski definition) is 1. The maximum absolute atomic E-state index is 13.3. The van der Waals surface area contributed by atoms with Crippen LogP contribution in [0.5, 0.6) is 5.88 Å². The SMILES string of the molecule is CCOC(=O)N1CCN(c2ccnc(O[C@H]3CC[C@H](Nc4ccc([N+](=O)[O-])c(C(F)(F)F)c4)CC3)c2)CC1. The molecule has 38 heavy (non-hydrogen) atoms. The number of nitro groups is 1. The van der Waals surface area contributed by atoms with Crippen molar-refractivity contribution in [2.24, 2.45) is 0 Å². The summed E-state index contributed by atoms with van der Waals surface area (Å²) in [7, 11) is 0. The standard InChI is InChI=1S/C25H30F3N5O5/c1-2-37-24(34)32-13-11-31(12-14-32)19-9-10-29-23(16-19)38-20-6-3-17(4-7-20)30-18-5-8-22(33(35)36)21(15-18)25(26,27)28/h5,8-10,15-17,20,30H,2-4,6-7,11-14H2,1H3/t17-,20-. The minimum atomic E-state index is -4.82. The highest BCUT2D eigenvalue weighted by molar-refractivity contribution is 5.68. The van der Waals surface area contributed by atoms with Gasteiger partial charge in [0.25, 0.3) is 5.69 Å². The maximum Gasteiger partial charge on any atom is 0.423 e. The minimum absolute atomic E-state index is 0.0765. The number of ether oxygens (including phenoxy) is 2. The van der Waals surface area contributed by atoms with Crippen LogP contribution in [0, 0.1) is 10.1 Å². The highest BCUT2D eigenvalue weighted by atomic mass is 19.4. The van der Waals surface area contributed by atoms with Gasteiger partial charge in [0.15, 0.2) is 0 Å². The number of rotatable bonds is 7. The molecular weight excluding hydrogens is 507 g/mol. The first-order chi connectivity index (χ1) is 18.1. The number of aromatic nitrogens is 1. The summed E-state index contributed by atoms with van der Waals surface area (Å²) in [6.45, 7) is 4.58. The molecule has 0 unspecified atom stereocenters. The van der Waals surface area contributed by atoms with Gasteiger partial charge in [-0.1, -0.05) is 0 Å². The van der Waals surface area contributed by atoms with Crippen molar-refractivity contribution in [3.8, 4) is 5.88 Å². The lowest BCUT2D eigenvalue weighted by Crippen LogP contribution is -2.49. The lowest BCUT2D eigenvalue weighted by atomic mass is 9.92. The molecule has 2 aromatic rings. The Kier molecular flexibility index (Phi) is 8.42. The Morgan fingerprint density at radius 3 is 2.47 bits per heavy atom. The van der Waals surface area contributed by atoms with E-state index in [9.17, 15) is 28.1 Å². The first-order valence-electron chi connectivity index (χ1n) is 12.6. The van der Waals surface area contributed by atoms with Crippen LogP contribution in [0.15, 0.2) is 36.5 Å². The van der Waals surface area contributed by atoms with Crippen LogP contribution in [0.25, 0.3) is 0 Å². The Bertz CT molecular complexity index is 1130. The number of alkyl halides is 3. The molecule has 13 heteroatoms. The molecule has 1 aliphatic heterocycles. The third kappa shape index (κ3) is 6.75. The topological polar surface area (TPSA) is 110 Å². The van der Waals surface area contributed by atoms with Crippen molar-refractivity contribution in [2.75, 3.05) is 43.0 Å². The molecule has 2 fully saturated rings. The van der Waals surface area contributed by atoms with Gasteiger partial charge in [-0.25, -0.2) is 9.78 Å². The van der Waals surface area contributed by atoms with Gasteiger partial charge in [-0.15, -0.1) is 0 Å². The third-order valence-electron chi connectivity index (χ3n) is 6.72. The highest BCUT2D eigenvalue weighted by Gasteiger charge is 2.38. The number of halogens is 3. The fourth-order valence-electron chi connectivity index (χ4n) is 4.77. The fourth-order valence-corrected chi connectivity index (χ4v) is 4.77. The van der Waals surface area contributed by atoms with Gasteiger partial charge in [-0.05, 0) is 50.8 Å². The number of pyridine rings is 1. The summed E-state index contributed by atoms with van der Waals surface area (Å²) in [6, 6.07) is 6.68. The number of hydrogen-bond acceptors (Lipinski definition) is 8. The van der Waals surface area contributed by atoms with E-state index in [0.29, 0.717) is 64.3 Å². The summed E-state index contributed by atoms with van der Waals surface area (Å²) >= 11 is 0. The van der Waals surface area contributed by atoms with Gasteiger partial charge in [0.2, 0.25) is 5.88 Å². The van der Waals surface area contributed by atoms with Crippen molar-refractivity contribution in [3.63, 3.8) is 0 Å². The molecule has 4 rings (SSSR count). The molecule has 0 radical (unpaired) electrons. The first kappa shape index (κ1) is 27.3. The zero-order valence-corrected chi connectivity index (χ0v) is 20.9. The minimum Gasteiger partial charge on any atom is -0.474 e. The Morgan fingerprint density at radius 1 is 1.13 bits per heavy atom. The summed E-state index contributed by atoms with van der Waals surface area (Å²) in [6.07, 6.45) is -0.826. The van der Waals surface area contributed by atoms with E-state index in [1.165, 1.54) is 6.07 Å². The zero-order chi connectivity index (χ0) is 27.3.